The lowest BCUT2D eigenvalue weighted by Gasteiger charge is -2.22. The summed E-state index contributed by atoms with van der Waals surface area (Å²) in [6.45, 7) is 2.35. The highest BCUT2D eigenvalue weighted by Crippen LogP contribution is 2.15. The average Bonchev–Trinajstić information content (AvgIpc) is 2.29. The van der Waals surface area contributed by atoms with Crippen molar-refractivity contribution in [3.05, 3.63) is 24.1 Å². The van der Waals surface area contributed by atoms with Crippen molar-refractivity contribution >= 4 is 5.82 Å². The first-order chi connectivity index (χ1) is 7.36. The van der Waals surface area contributed by atoms with Gasteiger partial charge in [0.1, 0.15) is 0 Å². The Balaban J connectivity index is 1.84. The van der Waals surface area contributed by atoms with E-state index in [9.17, 15) is 4.39 Å². The third-order valence-electron chi connectivity index (χ3n) is 2.57. The lowest BCUT2D eigenvalue weighted by Crippen LogP contribution is -2.24. The summed E-state index contributed by atoms with van der Waals surface area (Å²) < 4.78 is 18.5. The van der Waals surface area contributed by atoms with Crippen molar-refractivity contribution in [2.45, 2.75) is 12.8 Å². The number of pyridine rings is 1. The standard InChI is InChI=1S/C11H15FN2O/c12-10-4-1-5-13-11(10)14-7-9-3-2-6-15-8-9/h1,4-5,9H,2-3,6-8H2,(H,13,14)/t9-/m1/s1. The zero-order valence-corrected chi connectivity index (χ0v) is 8.58. The number of hydrogen-bond acceptors (Lipinski definition) is 3. The van der Waals surface area contributed by atoms with E-state index in [0.717, 1.165) is 32.6 Å². The Morgan fingerprint density at radius 3 is 3.27 bits per heavy atom. The number of nitrogens with zero attached hydrogens (tertiary/aromatic N) is 1. The van der Waals surface area contributed by atoms with Crippen molar-refractivity contribution in [2.24, 2.45) is 5.92 Å². The number of anilines is 1. The maximum absolute atomic E-state index is 13.2. The molecule has 0 radical (unpaired) electrons. The van der Waals surface area contributed by atoms with Gasteiger partial charge in [0.2, 0.25) is 0 Å². The lowest BCUT2D eigenvalue weighted by molar-refractivity contribution is 0.0594. The van der Waals surface area contributed by atoms with Crippen molar-refractivity contribution < 1.29 is 9.13 Å². The highest BCUT2D eigenvalue weighted by Gasteiger charge is 2.14. The van der Waals surface area contributed by atoms with Crippen molar-refractivity contribution in [2.75, 3.05) is 25.1 Å². The number of halogens is 1. The van der Waals surface area contributed by atoms with Crippen molar-refractivity contribution in [1.29, 1.82) is 0 Å². The first-order valence-corrected chi connectivity index (χ1v) is 5.28. The number of nitrogens with one attached hydrogen (secondary N) is 1. The van der Waals surface area contributed by atoms with E-state index in [1.54, 1.807) is 12.3 Å². The topological polar surface area (TPSA) is 34.2 Å². The zero-order valence-electron chi connectivity index (χ0n) is 8.58. The molecule has 3 nitrogen and oxygen atoms in total. The van der Waals surface area contributed by atoms with E-state index in [0.29, 0.717) is 11.7 Å². The Bertz CT molecular complexity index is 313. The average molecular weight is 210 g/mol. The van der Waals surface area contributed by atoms with Crippen LogP contribution in [0.3, 0.4) is 0 Å². The Morgan fingerprint density at radius 2 is 2.53 bits per heavy atom. The molecule has 1 aromatic heterocycles. The molecule has 2 rings (SSSR count). The molecule has 4 heteroatoms. The fourth-order valence-electron chi connectivity index (χ4n) is 1.73. The van der Waals surface area contributed by atoms with Crippen LogP contribution >= 0.6 is 0 Å². The Hall–Kier alpha value is -1.16. The molecule has 1 aliphatic heterocycles. The van der Waals surface area contributed by atoms with Crippen LogP contribution in [-0.4, -0.2) is 24.7 Å². The quantitative estimate of drug-likeness (QED) is 0.829. The molecule has 0 aromatic carbocycles. The van der Waals surface area contributed by atoms with Gasteiger partial charge in [0, 0.05) is 19.3 Å². The minimum absolute atomic E-state index is 0.297. The van der Waals surface area contributed by atoms with E-state index in [1.807, 2.05) is 0 Å². The van der Waals surface area contributed by atoms with E-state index in [1.165, 1.54) is 6.07 Å². The van der Waals surface area contributed by atoms with Gasteiger partial charge in [-0.1, -0.05) is 0 Å². The second kappa shape index (κ2) is 5.07. The summed E-state index contributed by atoms with van der Waals surface area (Å²) in [6.07, 6.45) is 3.82. The Labute approximate surface area is 88.7 Å². The van der Waals surface area contributed by atoms with E-state index in [-0.39, 0.29) is 5.82 Å². The summed E-state index contributed by atoms with van der Waals surface area (Å²) in [5.74, 6) is 0.512. The second-order valence-corrected chi connectivity index (χ2v) is 3.80. The molecule has 1 atom stereocenters. The van der Waals surface area contributed by atoms with Gasteiger partial charge in [0.25, 0.3) is 0 Å². The number of rotatable bonds is 3. The van der Waals surface area contributed by atoms with Gasteiger partial charge in [-0.05, 0) is 30.9 Å². The largest absolute Gasteiger partial charge is 0.381 e. The van der Waals surface area contributed by atoms with Crippen LogP contribution in [0.4, 0.5) is 10.2 Å². The van der Waals surface area contributed by atoms with E-state index in [2.05, 4.69) is 10.3 Å². The summed E-state index contributed by atoms with van der Waals surface area (Å²) >= 11 is 0. The van der Waals surface area contributed by atoms with Crippen molar-refractivity contribution in [1.82, 2.24) is 4.98 Å². The third kappa shape index (κ3) is 2.89. The Morgan fingerprint density at radius 1 is 1.60 bits per heavy atom. The summed E-state index contributed by atoms with van der Waals surface area (Å²) in [6, 6.07) is 3.00. The molecular weight excluding hydrogens is 195 g/mol. The molecule has 1 aliphatic rings. The van der Waals surface area contributed by atoms with Gasteiger partial charge in [0.05, 0.1) is 6.61 Å². The van der Waals surface area contributed by atoms with Gasteiger partial charge in [0.15, 0.2) is 11.6 Å². The fraction of sp³-hybridized carbons (Fsp3) is 0.545. The van der Waals surface area contributed by atoms with Gasteiger partial charge < -0.3 is 10.1 Å². The molecule has 1 aromatic rings. The summed E-state index contributed by atoms with van der Waals surface area (Å²) in [5.41, 5.74) is 0. The SMILES string of the molecule is Fc1cccnc1NC[C@H]1CCCOC1. The molecule has 0 unspecified atom stereocenters. The van der Waals surface area contributed by atoms with Gasteiger partial charge in [-0.25, -0.2) is 9.37 Å². The van der Waals surface area contributed by atoms with Crippen LogP contribution < -0.4 is 5.32 Å². The third-order valence-corrected chi connectivity index (χ3v) is 2.57. The van der Waals surface area contributed by atoms with Gasteiger partial charge in [-0.15, -0.1) is 0 Å². The number of ether oxygens (including phenoxy) is 1. The van der Waals surface area contributed by atoms with Crippen LogP contribution in [0.1, 0.15) is 12.8 Å². The molecule has 0 amide bonds. The van der Waals surface area contributed by atoms with Crippen molar-refractivity contribution in [3.8, 4) is 0 Å². The summed E-state index contributed by atoms with van der Waals surface area (Å²) in [7, 11) is 0. The molecule has 82 valence electrons. The van der Waals surface area contributed by atoms with Crippen LogP contribution in [0.25, 0.3) is 0 Å². The van der Waals surface area contributed by atoms with Crippen LogP contribution in [0.5, 0.6) is 0 Å². The fourth-order valence-corrected chi connectivity index (χ4v) is 1.73. The Kier molecular flexibility index (Phi) is 3.50. The lowest BCUT2D eigenvalue weighted by atomic mass is 10.0. The highest BCUT2D eigenvalue weighted by atomic mass is 19.1. The van der Waals surface area contributed by atoms with Crippen LogP contribution in [0.15, 0.2) is 18.3 Å². The van der Waals surface area contributed by atoms with Crippen LogP contribution in [-0.2, 0) is 4.74 Å². The van der Waals surface area contributed by atoms with Crippen LogP contribution in [0, 0.1) is 11.7 Å². The molecule has 1 N–H and O–H groups in total. The van der Waals surface area contributed by atoms with Gasteiger partial charge in [-0.3, -0.25) is 0 Å². The minimum Gasteiger partial charge on any atom is -0.381 e. The van der Waals surface area contributed by atoms with E-state index in [4.69, 9.17) is 4.74 Å². The molecule has 0 spiro atoms. The monoisotopic (exact) mass is 210 g/mol. The molecule has 1 fully saturated rings. The maximum Gasteiger partial charge on any atom is 0.165 e. The first kappa shape index (κ1) is 10.4. The van der Waals surface area contributed by atoms with Gasteiger partial charge in [-0.2, -0.15) is 0 Å². The van der Waals surface area contributed by atoms with Gasteiger partial charge >= 0.3 is 0 Å². The maximum atomic E-state index is 13.2. The van der Waals surface area contributed by atoms with Crippen molar-refractivity contribution in [3.63, 3.8) is 0 Å². The van der Waals surface area contributed by atoms with E-state index < -0.39 is 0 Å². The number of aromatic nitrogens is 1. The molecule has 0 bridgehead atoms. The van der Waals surface area contributed by atoms with Crippen LogP contribution in [0.2, 0.25) is 0 Å². The molecule has 15 heavy (non-hydrogen) atoms. The number of hydrogen-bond donors (Lipinski definition) is 1. The predicted octanol–water partition coefficient (Wildman–Crippen LogP) is 2.06. The minimum atomic E-state index is -0.297. The molecule has 0 aliphatic carbocycles. The smallest absolute Gasteiger partial charge is 0.165 e. The molecular formula is C11H15FN2O. The summed E-state index contributed by atoms with van der Waals surface area (Å²) in [5, 5.41) is 3.02. The van der Waals surface area contributed by atoms with E-state index >= 15 is 0 Å². The molecule has 0 saturated carbocycles. The zero-order chi connectivity index (χ0) is 10.5. The highest BCUT2D eigenvalue weighted by molar-refractivity contribution is 5.35. The second-order valence-electron chi connectivity index (χ2n) is 3.80. The molecule has 2 heterocycles. The predicted molar refractivity (Wildman–Crippen MR) is 56.2 cm³/mol. The first-order valence-electron chi connectivity index (χ1n) is 5.28. The normalized spacial score (nSPS) is 21.3. The molecule has 1 saturated heterocycles. The summed E-state index contributed by atoms with van der Waals surface area (Å²) in [4.78, 5) is 3.94.